The summed E-state index contributed by atoms with van der Waals surface area (Å²) in [6, 6.07) is 1.92. The largest absolute Gasteiger partial charge is 0.351 e. The standard InChI is InChI=1S/C17H29N7O/c1-14(16(25)23-7-3-4-8-23)22-9-11-24(12-10-22)17(18-2)19-13-15-5-6-20-21-15/h5-6,14H,3-4,7-13H2,1-2H3,(H,18,19)(H,20,21). The topological polar surface area (TPSA) is 79.9 Å². The number of H-pyrrole nitrogens is 1. The van der Waals surface area contributed by atoms with E-state index in [0.29, 0.717) is 6.54 Å². The number of nitrogens with zero attached hydrogens (tertiary/aromatic N) is 5. The first kappa shape index (κ1) is 17.7. The van der Waals surface area contributed by atoms with Crippen LogP contribution in [0.2, 0.25) is 0 Å². The Hall–Kier alpha value is -2.09. The van der Waals surface area contributed by atoms with Gasteiger partial charge in [0.2, 0.25) is 5.91 Å². The summed E-state index contributed by atoms with van der Waals surface area (Å²) in [6.07, 6.45) is 4.03. The summed E-state index contributed by atoms with van der Waals surface area (Å²) >= 11 is 0. The van der Waals surface area contributed by atoms with E-state index in [0.717, 1.165) is 63.8 Å². The molecule has 25 heavy (non-hydrogen) atoms. The number of guanidine groups is 1. The van der Waals surface area contributed by atoms with E-state index in [2.05, 4.69) is 30.3 Å². The van der Waals surface area contributed by atoms with Crippen molar-refractivity contribution in [3.63, 3.8) is 0 Å². The van der Waals surface area contributed by atoms with E-state index in [-0.39, 0.29) is 11.9 Å². The molecule has 1 aromatic heterocycles. The van der Waals surface area contributed by atoms with Crippen LogP contribution in [0, 0.1) is 0 Å². The lowest BCUT2D eigenvalue weighted by atomic mass is 10.2. The Balaban J connectivity index is 1.47. The lowest BCUT2D eigenvalue weighted by Crippen LogP contribution is -2.57. The zero-order chi connectivity index (χ0) is 17.6. The molecule has 8 heteroatoms. The number of hydrogen-bond donors (Lipinski definition) is 2. The molecule has 138 valence electrons. The van der Waals surface area contributed by atoms with E-state index >= 15 is 0 Å². The molecule has 2 aliphatic rings. The lowest BCUT2D eigenvalue weighted by molar-refractivity contribution is -0.135. The molecule has 0 radical (unpaired) electrons. The molecule has 3 rings (SSSR count). The van der Waals surface area contributed by atoms with E-state index < -0.39 is 0 Å². The highest BCUT2D eigenvalue weighted by molar-refractivity contribution is 5.82. The molecule has 1 aromatic rings. The van der Waals surface area contributed by atoms with Gasteiger partial charge in [-0.15, -0.1) is 0 Å². The van der Waals surface area contributed by atoms with Crippen LogP contribution in [-0.4, -0.2) is 89.1 Å². The van der Waals surface area contributed by atoms with E-state index in [1.807, 2.05) is 17.9 Å². The van der Waals surface area contributed by atoms with Crippen molar-refractivity contribution in [2.45, 2.75) is 32.4 Å². The minimum atomic E-state index is -0.0276. The normalized spacial score (nSPS) is 20.8. The molecular formula is C17H29N7O. The van der Waals surface area contributed by atoms with Crippen molar-refractivity contribution in [2.24, 2.45) is 4.99 Å². The highest BCUT2D eigenvalue weighted by Gasteiger charge is 2.30. The second-order valence-corrected chi connectivity index (χ2v) is 6.71. The Morgan fingerprint density at radius 1 is 1.24 bits per heavy atom. The van der Waals surface area contributed by atoms with Crippen LogP contribution in [0.5, 0.6) is 0 Å². The van der Waals surface area contributed by atoms with Crippen LogP contribution in [-0.2, 0) is 11.3 Å². The van der Waals surface area contributed by atoms with Gasteiger partial charge in [-0.3, -0.25) is 19.8 Å². The van der Waals surface area contributed by atoms with Gasteiger partial charge in [-0.25, -0.2) is 0 Å². The second-order valence-electron chi connectivity index (χ2n) is 6.71. The fourth-order valence-corrected chi connectivity index (χ4v) is 3.57. The SMILES string of the molecule is CN=C(NCc1ccn[nH]1)N1CCN(C(C)C(=O)N2CCCC2)CC1. The number of likely N-dealkylation sites (tertiary alicyclic amines) is 1. The van der Waals surface area contributed by atoms with Crippen LogP contribution in [0.4, 0.5) is 0 Å². The van der Waals surface area contributed by atoms with Crippen LogP contribution in [0.3, 0.4) is 0 Å². The van der Waals surface area contributed by atoms with Gasteiger partial charge in [0.05, 0.1) is 18.3 Å². The molecule has 0 aliphatic carbocycles. The number of carbonyl (C=O) groups excluding carboxylic acids is 1. The fraction of sp³-hybridized carbons (Fsp3) is 0.706. The fourth-order valence-electron chi connectivity index (χ4n) is 3.57. The highest BCUT2D eigenvalue weighted by atomic mass is 16.2. The molecule has 0 spiro atoms. The van der Waals surface area contributed by atoms with Gasteiger partial charge in [-0.2, -0.15) is 5.10 Å². The predicted octanol–water partition coefficient (Wildman–Crippen LogP) is 0.114. The van der Waals surface area contributed by atoms with Crippen molar-refractivity contribution >= 4 is 11.9 Å². The summed E-state index contributed by atoms with van der Waals surface area (Å²) in [4.78, 5) is 23.5. The zero-order valence-electron chi connectivity index (χ0n) is 15.2. The van der Waals surface area contributed by atoms with Crippen LogP contribution in [0.1, 0.15) is 25.5 Å². The van der Waals surface area contributed by atoms with Crippen LogP contribution >= 0.6 is 0 Å². The van der Waals surface area contributed by atoms with Gasteiger partial charge in [0.1, 0.15) is 0 Å². The molecule has 1 unspecified atom stereocenters. The third-order valence-corrected chi connectivity index (χ3v) is 5.14. The average Bonchev–Trinajstić information content (AvgIpc) is 3.35. The molecule has 0 saturated carbocycles. The van der Waals surface area contributed by atoms with E-state index in [1.165, 1.54) is 0 Å². The Morgan fingerprint density at radius 2 is 1.96 bits per heavy atom. The average molecular weight is 347 g/mol. The van der Waals surface area contributed by atoms with Crippen LogP contribution in [0.15, 0.2) is 17.3 Å². The summed E-state index contributed by atoms with van der Waals surface area (Å²) in [5, 5.41) is 10.3. The van der Waals surface area contributed by atoms with Gasteiger partial charge in [0.25, 0.3) is 0 Å². The first-order chi connectivity index (χ1) is 12.2. The van der Waals surface area contributed by atoms with Gasteiger partial charge in [-0.1, -0.05) is 0 Å². The molecule has 2 saturated heterocycles. The number of rotatable bonds is 4. The number of nitrogens with one attached hydrogen (secondary N) is 2. The smallest absolute Gasteiger partial charge is 0.239 e. The number of carbonyl (C=O) groups is 1. The summed E-state index contributed by atoms with van der Waals surface area (Å²) in [5.41, 5.74) is 1.03. The predicted molar refractivity (Wildman–Crippen MR) is 97.2 cm³/mol. The van der Waals surface area contributed by atoms with E-state index in [9.17, 15) is 4.79 Å². The second kappa shape index (κ2) is 8.33. The summed E-state index contributed by atoms with van der Waals surface area (Å²) in [7, 11) is 1.81. The third-order valence-electron chi connectivity index (χ3n) is 5.14. The minimum absolute atomic E-state index is 0.0276. The zero-order valence-corrected chi connectivity index (χ0v) is 15.2. The molecule has 1 amide bonds. The lowest BCUT2D eigenvalue weighted by Gasteiger charge is -2.39. The van der Waals surface area contributed by atoms with E-state index in [4.69, 9.17) is 0 Å². The highest BCUT2D eigenvalue weighted by Crippen LogP contribution is 2.14. The number of aromatic nitrogens is 2. The van der Waals surface area contributed by atoms with Gasteiger partial charge in [0, 0.05) is 52.5 Å². The van der Waals surface area contributed by atoms with Crippen molar-refractivity contribution in [3.05, 3.63) is 18.0 Å². The number of aromatic amines is 1. The molecule has 2 N–H and O–H groups in total. The molecule has 8 nitrogen and oxygen atoms in total. The van der Waals surface area contributed by atoms with Crippen LogP contribution in [0.25, 0.3) is 0 Å². The molecule has 0 aromatic carbocycles. The van der Waals surface area contributed by atoms with Gasteiger partial charge in [0.15, 0.2) is 5.96 Å². The van der Waals surface area contributed by atoms with Crippen molar-refractivity contribution in [1.82, 2.24) is 30.2 Å². The number of aliphatic imine (C=N–C) groups is 1. The monoisotopic (exact) mass is 347 g/mol. The van der Waals surface area contributed by atoms with Gasteiger partial charge in [-0.05, 0) is 25.8 Å². The van der Waals surface area contributed by atoms with Crippen LogP contribution < -0.4 is 5.32 Å². The summed E-state index contributed by atoms with van der Waals surface area (Å²) in [5.74, 6) is 1.18. The summed E-state index contributed by atoms with van der Waals surface area (Å²) < 4.78 is 0. The maximum atomic E-state index is 12.6. The molecule has 2 fully saturated rings. The molecule has 2 aliphatic heterocycles. The quantitative estimate of drug-likeness (QED) is 0.597. The van der Waals surface area contributed by atoms with Gasteiger partial charge < -0.3 is 15.1 Å². The minimum Gasteiger partial charge on any atom is -0.351 e. The first-order valence-corrected chi connectivity index (χ1v) is 9.15. The Labute approximate surface area is 149 Å². The summed E-state index contributed by atoms with van der Waals surface area (Å²) in [6.45, 7) is 8.08. The van der Waals surface area contributed by atoms with Crippen molar-refractivity contribution < 1.29 is 4.79 Å². The Morgan fingerprint density at radius 3 is 2.56 bits per heavy atom. The van der Waals surface area contributed by atoms with Gasteiger partial charge >= 0.3 is 0 Å². The third kappa shape index (κ3) is 4.31. The number of piperazine rings is 1. The molecule has 0 bridgehead atoms. The molecule has 1 atom stereocenters. The maximum Gasteiger partial charge on any atom is 0.239 e. The van der Waals surface area contributed by atoms with E-state index in [1.54, 1.807) is 13.2 Å². The van der Waals surface area contributed by atoms with Crippen molar-refractivity contribution in [2.75, 3.05) is 46.3 Å². The van der Waals surface area contributed by atoms with Crippen molar-refractivity contribution in [1.29, 1.82) is 0 Å². The number of hydrogen-bond acceptors (Lipinski definition) is 4. The maximum absolute atomic E-state index is 12.6. The number of amides is 1. The Bertz CT molecular complexity index is 572. The Kier molecular flexibility index (Phi) is 5.91. The van der Waals surface area contributed by atoms with Crippen molar-refractivity contribution in [3.8, 4) is 0 Å². The molecule has 3 heterocycles. The molecular weight excluding hydrogens is 318 g/mol. The first-order valence-electron chi connectivity index (χ1n) is 9.15.